The molecule has 0 amide bonds. The highest BCUT2D eigenvalue weighted by Gasteiger charge is 2.41. The summed E-state index contributed by atoms with van der Waals surface area (Å²) in [4.78, 5) is 23.6. The third kappa shape index (κ3) is 5.73. The molecule has 1 aliphatic carbocycles. The molecule has 1 heterocycles. The normalized spacial score (nSPS) is 23.2. The number of aliphatic hydroxyl groups excluding tert-OH is 1. The molecule has 1 aromatic carbocycles. The minimum atomic E-state index is -1.15. The number of aliphatic hydroxyl groups is 1. The predicted octanol–water partition coefficient (Wildman–Crippen LogP) is 5.46. The molecule has 4 nitrogen and oxygen atoms in total. The number of thiophene rings is 1. The summed E-state index contributed by atoms with van der Waals surface area (Å²) in [5, 5.41) is 20.3. The van der Waals surface area contributed by atoms with E-state index in [0.29, 0.717) is 32.1 Å². The van der Waals surface area contributed by atoms with Gasteiger partial charge in [-0.15, -0.1) is 11.3 Å². The Hall–Kier alpha value is -2.05. The summed E-state index contributed by atoms with van der Waals surface area (Å²) in [5.74, 6) is -1.58. The lowest BCUT2D eigenvalue weighted by atomic mass is 9.87. The summed E-state index contributed by atoms with van der Waals surface area (Å²) in [6.07, 6.45) is 4.62. The Kier molecular flexibility index (Phi) is 7.56. The van der Waals surface area contributed by atoms with E-state index in [-0.39, 0.29) is 30.5 Å². The van der Waals surface area contributed by atoms with Crippen LogP contribution in [0, 0.1) is 11.8 Å². The van der Waals surface area contributed by atoms with Gasteiger partial charge in [-0.1, -0.05) is 30.4 Å². The SMILES string of the molecule is O=C(O)CCCC=CC[C@H]1C(=O)C[C@H](F)[C@@H]1CCC(O)c1cc2ccccc2s1. The summed E-state index contributed by atoms with van der Waals surface area (Å²) < 4.78 is 15.6. The number of halogens is 1. The Labute approximate surface area is 174 Å². The number of ketones is 1. The Balaban J connectivity index is 1.53. The van der Waals surface area contributed by atoms with Gasteiger partial charge in [-0.3, -0.25) is 9.59 Å². The van der Waals surface area contributed by atoms with Gasteiger partial charge in [0.05, 0.1) is 6.10 Å². The maximum atomic E-state index is 14.4. The van der Waals surface area contributed by atoms with Crippen molar-refractivity contribution in [2.24, 2.45) is 11.8 Å². The largest absolute Gasteiger partial charge is 0.481 e. The van der Waals surface area contributed by atoms with Crippen molar-refractivity contribution < 1.29 is 24.2 Å². The van der Waals surface area contributed by atoms with Crippen LogP contribution >= 0.6 is 11.3 Å². The number of benzene rings is 1. The molecule has 0 bridgehead atoms. The van der Waals surface area contributed by atoms with Gasteiger partial charge in [-0.05, 0) is 49.6 Å². The highest BCUT2D eigenvalue weighted by molar-refractivity contribution is 7.19. The first kappa shape index (κ1) is 21.7. The molecule has 1 saturated carbocycles. The summed E-state index contributed by atoms with van der Waals surface area (Å²) >= 11 is 1.55. The number of carbonyl (C=O) groups excluding carboxylic acids is 1. The number of carboxylic acid groups (broad SMARTS) is 1. The van der Waals surface area contributed by atoms with E-state index in [0.717, 1.165) is 15.0 Å². The van der Waals surface area contributed by atoms with Gasteiger partial charge in [0.1, 0.15) is 12.0 Å². The molecule has 1 unspecified atom stereocenters. The van der Waals surface area contributed by atoms with Gasteiger partial charge in [-0.2, -0.15) is 0 Å². The van der Waals surface area contributed by atoms with Gasteiger partial charge in [0, 0.05) is 34.3 Å². The van der Waals surface area contributed by atoms with Crippen LogP contribution in [0.15, 0.2) is 42.5 Å². The summed E-state index contributed by atoms with van der Waals surface area (Å²) in [5.41, 5.74) is 0. The molecule has 1 aromatic heterocycles. The fourth-order valence-corrected chi connectivity index (χ4v) is 5.15. The van der Waals surface area contributed by atoms with E-state index >= 15 is 0 Å². The molecular formula is C23H27FO4S. The standard InChI is InChI=1S/C23H27FO4S/c24-18-14-20(26)17(8-3-1-2-4-10-23(27)28)16(18)11-12-19(25)22-13-15-7-5-6-9-21(15)29-22/h1,3,5-7,9,13,16-19,25H,2,4,8,10-12,14H2,(H,27,28)/t16-,17-,18+,19?/m1/s1. The molecule has 0 saturated heterocycles. The molecule has 2 N–H and O–H groups in total. The lowest BCUT2D eigenvalue weighted by molar-refractivity contribution is -0.137. The lowest BCUT2D eigenvalue weighted by Crippen LogP contribution is -2.19. The number of rotatable bonds is 10. The third-order valence-corrected chi connectivity index (χ3v) is 6.87. The van der Waals surface area contributed by atoms with Gasteiger partial charge >= 0.3 is 5.97 Å². The topological polar surface area (TPSA) is 74.6 Å². The van der Waals surface area contributed by atoms with Crippen molar-refractivity contribution in [2.45, 2.75) is 57.2 Å². The molecule has 0 spiro atoms. The van der Waals surface area contributed by atoms with Crippen molar-refractivity contribution in [1.82, 2.24) is 0 Å². The number of Topliss-reactive ketones (excluding diaryl/α,β-unsaturated/α-hetero) is 1. The van der Waals surface area contributed by atoms with Crippen molar-refractivity contribution >= 4 is 33.2 Å². The summed E-state index contributed by atoms with van der Waals surface area (Å²) in [6.45, 7) is 0. The van der Waals surface area contributed by atoms with E-state index in [1.54, 1.807) is 11.3 Å². The smallest absolute Gasteiger partial charge is 0.303 e. The van der Waals surface area contributed by atoms with E-state index in [4.69, 9.17) is 5.11 Å². The maximum absolute atomic E-state index is 14.4. The fraction of sp³-hybridized carbons (Fsp3) is 0.478. The van der Waals surface area contributed by atoms with Crippen molar-refractivity contribution in [3.63, 3.8) is 0 Å². The molecule has 3 rings (SSSR count). The van der Waals surface area contributed by atoms with E-state index in [9.17, 15) is 19.1 Å². The van der Waals surface area contributed by atoms with Crippen LogP contribution in [0.4, 0.5) is 4.39 Å². The Morgan fingerprint density at radius 3 is 2.86 bits per heavy atom. The second-order valence-electron chi connectivity index (χ2n) is 7.73. The van der Waals surface area contributed by atoms with E-state index < -0.39 is 18.2 Å². The van der Waals surface area contributed by atoms with Crippen molar-refractivity contribution in [1.29, 1.82) is 0 Å². The highest BCUT2D eigenvalue weighted by atomic mass is 32.1. The number of fused-ring (bicyclic) bond motifs is 1. The molecule has 1 aliphatic rings. The quantitative estimate of drug-likeness (QED) is 0.397. The van der Waals surface area contributed by atoms with Gasteiger partial charge in [-0.25, -0.2) is 4.39 Å². The van der Waals surface area contributed by atoms with Crippen LogP contribution < -0.4 is 0 Å². The monoisotopic (exact) mass is 418 g/mol. The first-order valence-corrected chi connectivity index (χ1v) is 11.0. The number of aliphatic carboxylic acids is 1. The zero-order valence-electron chi connectivity index (χ0n) is 16.3. The van der Waals surface area contributed by atoms with Crippen LogP contribution in [0.25, 0.3) is 10.1 Å². The van der Waals surface area contributed by atoms with Gasteiger partial charge in [0.15, 0.2) is 0 Å². The molecule has 6 heteroatoms. The second-order valence-corrected chi connectivity index (χ2v) is 8.84. The molecule has 2 aromatic rings. The van der Waals surface area contributed by atoms with Crippen LogP contribution in [0.5, 0.6) is 0 Å². The number of hydrogen-bond acceptors (Lipinski definition) is 4. The predicted molar refractivity (Wildman–Crippen MR) is 113 cm³/mol. The Morgan fingerprint density at radius 1 is 1.31 bits per heavy atom. The number of carboxylic acids is 1. The molecule has 1 fully saturated rings. The zero-order valence-corrected chi connectivity index (χ0v) is 17.1. The first-order valence-electron chi connectivity index (χ1n) is 10.2. The second kappa shape index (κ2) is 10.1. The molecule has 4 atom stereocenters. The minimum absolute atomic E-state index is 0.0405. The Bertz CT molecular complexity index is 842. The lowest BCUT2D eigenvalue weighted by Gasteiger charge is -2.20. The van der Waals surface area contributed by atoms with E-state index in [1.807, 2.05) is 42.5 Å². The minimum Gasteiger partial charge on any atom is -0.481 e. The number of unbranched alkanes of at least 4 members (excludes halogenated alkanes) is 1. The Morgan fingerprint density at radius 2 is 2.10 bits per heavy atom. The van der Waals surface area contributed by atoms with Gasteiger partial charge in [0.2, 0.25) is 0 Å². The molecule has 29 heavy (non-hydrogen) atoms. The molecule has 0 aliphatic heterocycles. The summed E-state index contributed by atoms with van der Waals surface area (Å²) in [6, 6.07) is 9.93. The van der Waals surface area contributed by atoms with Crippen LogP contribution in [-0.4, -0.2) is 28.1 Å². The van der Waals surface area contributed by atoms with Crippen LogP contribution in [0.2, 0.25) is 0 Å². The van der Waals surface area contributed by atoms with Crippen LogP contribution in [-0.2, 0) is 9.59 Å². The van der Waals surface area contributed by atoms with Crippen LogP contribution in [0.1, 0.15) is 55.9 Å². The fourth-order valence-electron chi connectivity index (χ4n) is 4.07. The molecule has 156 valence electrons. The van der Waals surface area contributed by atoms with Crippen molar-refractivity contribution in [3.05, 3.63) is 47.4 Å². The van der Waals surface area contributed by atoms with Crippen molar-refractivity contribution in [3.8, 4) is 0 Å². The first-order chi connectivity index (χ1) is 14.0. The average molecular weight is 419 g/mol. The van der Waals surface area contributed by atoms with Crippen molar-refractivity contribution in [2.75, 3.05) is 0 Å². The van der Waals surface area contributed by atoms with E-state index in [2.05, 4.69) is 0 Å². The van der Waals surface area contributed by atoms with Gasteiger partial charge in [0.25, 0.3) is 0 Å². The molecule has 0 radical (unpaired) electrons. The maximum Gasteiger partial charge on any atom is 0.303 e. The van der Waals surface area contributed by atoms with Crippen LogP contribution in [0.3, 0.4) is 0 Å². The highest BCUT2D eigenvalue weighted by Crippen LogP contribution is 2.40. The number of alkyl halides is 1. The number of carbonyl (C=O) groups is 2. The zero-order chi connectivity index (χ0) is 20.8. The summed E-state index contributed by atoms with van der Waals surface area (Å²) in [7, 11) is 0. The number of hydrogen-bond donors (Lipinski definition) is 2. The third-order valence-electron chi connectivity index (χ3n) is 5.66. The van der Waals surface area contributed by atoms with E-state index in [1.165, 1.54) is 0 Å². The number of allylic oxidation sites excluding steroid dienone is 2. The molecular weight excluding hydrogens is 391 g/mol. The van der Waals surface area contributed by atoms with Gasteiger partial charge < -0.3 is 10.2 Å². The average Bonchev–Trinajstić information content (AvgIpc) is 3.23.